The number of benzene rings is 1. The fourth-order valence-corrected chi connectivity index (χ4v) is 4.96. The Morgan fingerprint density at radius 1 is 0.286 bits per heavy atom. The van der Waals surface area contributed by atoms with Crippen molar-refractivity contribution in [1.29, 1.82) is 0 Å². The van der Waals surface area contributed by atoms with Crippen molar-refractivity contribution in [2.45, 2.75) is 0 Å². The molecule has 0 atom stereocenters. The van der Waals surface area contributed by atoms with Crippen LogP contribution in [0.5, 0.6) is 0 Å². The average molecular weight is 541 g/mol. The average Bonchev–Trinajstić information content (AvgIpc) is 3.09. The second-order valence-electron chi connectivity index (χ2n) is 9.62. The molecular weight excluding hydrogens is 516 g/mol. The summed E-state index contributed by atoms with van der Waals surface area (Å²) in [6.07, 6.45) is 7.16. The third-order valence-electron chi connectivity index (χ3n) is 6.96. The van der Waals surface area contributed by atoms with Gasteiger partial charge in [-0.3, -0.25) is 19.9 Å². The van der Waals surface area contributed by atoms with Crippen LogP contribution in [0.4, 0.5) is 0 Å². The third-order valence-corrected chi connectivity index (χ3v) is 6.96. The van der Waals surface area contributed by atoms with E-state index in [2.05, 4.69) is 46.4 Å². The van der Waals surface area contributed by atoms with Gasteiger partial charge in [0.25, 0.3) is 0 Å². The molecule has 0 radical (unpaired) electrons. The highest BCUT2D eigenvalue weighted by atomic mass is 14.8. The first-order valence-corrected chi connectivity index (χ1v) is 13.6. The maximum Gasteiger partial charge on any atom is 0.0964 e. The molecule has 0 aliphatic carbocycles. The second-order valence-corrected chi connectivity index (χ2v) is 9.62. The fraction of sp³-hybridized carbons (Fsp3) is 0. The zero-order chi connectivity index (χ0) is 28.1. The summed E-state index contributed by atoms with van der Waals surface area (Å²) in [5.74, 6) is 0. The molecule has 0 fully saturated rings. The maximum atomic E-state index is 4.89. The molecule has 42 heavy (non-hydrogen) atoms. The molecule has 6 aromatic heterocycles. The van der Waals surface area contributed by atoms with Crippen molar-refractivity contribution in [3.8, 4) is 67.8 Å². The van der Waals surface area contributed by atoms with Gasteiger partial charge >= 0.3 is 0 Å². The van der Waals surface area contributed by atoms with Crippen LogP contribution in [0.3, 0.4) is 0 Å². The summed E-state index contributed by atoms with van der Waals surface area (Å²) >= 11 is 0. The smallest absolute Gasteiger partial charge is 0.0964 e. The zero-order valence-corrected chi connectivity index (χ0v) is 22.5. The highest BCUT2D eigenvalue weighted by molar-refractivity contribution is 5.84. The number of nitrogens with zero attached hydrogens (tertiary/aromatic N) is 6. The quantitative estimate of drug-likeness (QED) is 0.212. The van der Waals surface area contributed by atoms with Crippen molar-refractivity contribution in [3.63, 3.8) is 0 Å². The van der Waals surface area contributed by atoms with Crippen molar-refractivity contribution in [1.82, 2.24) is 29.9 Å². The molecule has 1 aromatic carbocycles. The van der Waals surface area contributed by atoms with Gasteiger partial charge < -0.3 is 0 Å². The number of hydrogen-bond donors (Lipinski definition) is 0. The molecule has 0 saturated carbocycles. The van der Waals surface area contributed by atoms with Crippen LogP contribution in [0, 0.1) is 0 Å². The van der Waals surface area contributed by atoms with Crippen molar-refractivity contribution in [2.24, 2.45) is 0 Å². The fourth-order valence-electron chi connectivity index (χ4n) is 4.96. The molecule has 0 aliphatic heterocycles. The summed E-state index contributed by atoms with van der Waals surface area (Å²) in [4.78, 5) is 28.1. The van der Waals surface area contributed by atoms with Crippen LogP contribution in [0.1, 0.15) is 0 Å². The zero-order valence-electron chi connectivity index (χ0n) is 22.5. The van der Waals surface area contributed by atoms with E-state index in [1.165, 1.54) is 0 Å². The van der Waals surface area contributed by atoms with E-state index in [4.69, 9.17) is 19.9 Å². The summed E-state index contributed by atoms with van der Waals surface area (Å²) in [5.41, 5.74) is 10.6. The molecule has 0 aliphatic rings. The van der Waals surface area contributed by atoms with Gasteiger partial charge in [0, 0.05) is 35.9 Å². The maximum absolute atomic E-state index is 4.89. The highest BCUT2D eigenvalue weighted by Crippen LogP contribution is 2.34. The van der Waals surface area contributed by atoms with Crippen molar-refractivity contribution >= 4 is 0 Å². The molecule has 6 heteroatoms. The molecule has 7 aromatic rings. The Labute approximate surface area is 243 Å². The Morgan fingerprint density at radius 2 is 0.690 bits per heavy atom. The molecule has 0 unspecified atom stereocenters. The van der Waals surface area contributed by atoms with Crippen molar-refractivity contribution in [2.75, 3.05) is 0 Å². The van der Waals surface area contributed by atoms with Gasteiger partial charge in [-0.2, -0.15) is 0 Å². The molecule has 6 heterocycles. The van der Waals surface area contributed by atoms with Crippen molar-refractivity contribution < 1.29 is 0 Å². The molecule has 0 amide bonds. The monoisotopic (exact) mass is 540 g/mol. The van der Waals surface area contributed by atoms with Crippen LogP contribution in [-0.2, 0) is 0 Å². The minimum Gasteiger partial charge on any atom is -0.255 e. The van der Waals surface area contributed by atoms with Gasteiger partial charge in [-0.1, -0.05) is 60.7 Å². The molecule has 198 valence electrons. The first kappa shape index (κ1) is 25.1. The van der Waals surface area contributed by atoms with Gasteiger partial charge in [0.2, 0.25) is 0 Å². The minimum absolute atomic E-state index is 0.797. The van der Waals surface area contributed by atoms with Gasteiger partial charge in [-0.05, 0) is 71.8 Å². The van der Waals surface area contributed by atoms with E-state index < -0.39 is 0 Å². The summed E-state index contributed by atoms with van der Waals surface area (Å²) < 4.78 is 0. The Morgan fingerprint density at radius 3 is 1.12 bits per heavy atom. The first-order chi connectivity index (χ1) is 20.8. The lowest BCUT2D eigenvalue weighted by Crippen LogP contribution is -1.95. The van der Waals surface area contributed by atoms with Gasteiger partial charge in [-0.25, -0.2) is 9.97 Å². The van der Waals surface area contributed by atoms with E-state index >= 15 is 0 Å². The Hall–Kier alpha value is -5.88. The van der Waals surface area contributed by atoms with Gasteiger partial charge in [0.05, 0.1) is 45.6 Å². The summed E-state index contributed by atoms with van der Waals surface area (Å²) in [6.45, 7) is 0. The number of pyridine rings is 6. The lowest BCUT2D eigenvalue weighted by atomic mass is 9.97. The normalized spacial score (nSPS) is 10.9. The Balaban J connectivity index is 1.23. The number of rotatable bonds is 6. The molecule has 7 rings (SSSR count). The largest absolute Gasteiger partial charge is 0.255 e. The Bertz CT molecular complexity index is 1830. The van der Waals surface area contributed by atoms with E-state index in [0.29, 0.717) is 0 Å². The summed E-state index contributed by atoms with van der Waals surface area (Å²) in [7, 11) is 0. The number of hydrogen-bond acceptors (Lipinski definition) is 6. The Kier molecular flexibility index (Phi) is 6.76. The topological polar surface area (TPSA) is 77.3 Å². The van der Waals surface area contributed by atoms with Crippen LogP contribution >= 0.6 is 0 Å². The van der Waals surface area contributed by atoms with Crippen LogP contribution in [0.2, 0.25) is 0 Å². The van der Waals surface area contributed by atoms with E-state index in [-0.39, 0.29) is 0 Å². The molecule has 0 bridgehead atoms. The molecule has 6 nitrogen and oxygen atoms in total. The van der Waals surface area contributed by atoms with E-state index in [9.17, 15) is 0 Å². The van der Waals surface area contributed by atoms with Gasteiger partial charge in [0.1, 0.15) is 0 Å². The van der Waals surface area contributed by atoms with E-state index in [1.54, 1.807) is 24.8 Å². The molecule has 0 spiro atoms. The first-order valence-electron chi connectivity index (χ1n) is 13.6. The third kappa shape index (κ3) is 5.05. The van der Waals surface area contributed by atoms with E-state index in [0.717, 1.165) is 67.8 Å². The van der Waals surface area contributed by atoms with E-state index in [1.807, 2.05) is 84.9 Å². The van der Waals surface area contributed by atoms with Gasteiger partial charge in [-0.15, -0.1) is 0 Å². The second kappa shape index (κ2) is 11.3. The SMILES string of the molecule is c1ccc(-c2cccc(-c3ncccc3-c3ccc(-c4cccnc4-c4cccc(-c5ccccn5)n4)cc3)n2)nc1. The van der Waals surface area contributed by atoms with Crippen LogP contribution in [0.25, 0.3) is 67.8 Å². The predicted molar refractivity (Wildman–Crippen MR) is 166 cm³/mol. The molecule has 0 N–H and O–H groups in total. The van der Waals surface area contributed by atoms with Gasteiger partial charge in [0.15, 0.2) is 0 Å². The van der Waals surface area contributed by atoms with Crippen LogP contribution < -0.4 is 0 Å². The summed E-state index contributed by atoms with van der Waals surface area (Å²) in [5, 5.41) is 0. The number of aromatic nitrogens is 6. The van der Waals surface area contributed by atoms with Crippen LogP contribution in [0.15, 0.2) is 146 Å². The highest BCUT2D eigenvalue weighted by Gasteiger charge is 2.14. The van der Waals surface area contributed by atoms with Crippen molar-refractivity contribution in [3.05, 3.63) is 146 Å². The predicted octanol–water partition coefficient (Wildman–Crippen LogP) is 8.06. The molecule has 0 saturated heterocycles. The lowest BCUT2D eigenvalue weighted by Gasteiger charge is -2.12. The molecular formula is C36H24N6. The lowest BCUT2D eigenvalue weighted by molar-refractivity contribution is 1.22. The standard InChI is InChI=1S/C36H24N6/c1-3-21-37-29(11-1)31-13-5-15-33(41-31)35-27(9-7-23-39-35)25-17-19-26(20-18-25)28-10-8-24-40-36(28)34-16-6-14-32(42-34)30-12-2-4-22-38-30/h1-24H. The minimum atomic E-state index is 0.797. The summed E-state index contributed by atoms with van der Waals surface area (Å²) in [6, 6.07) is 40.1. The van der Waals surface area contributed by atoms with Crippen LogP contribution in [-0.4, -0.2) is 29.9 Å².